The lowest BCUT2D eigenvalue weighted by Crippen LogP contribution is -2.44. The van der Waals surface area contributed by atoms with Crippen molar-refractivity contribution < 1.29 is 18.9 Å². The highest BCUT2D eigenvalue weighted by molar-refractivity contribution is 6.30. The quantitative estimate of drug-likeness (QED) is 0.555. The number of nitrogens with zero attached hydrogens (tertiary/aromatic N) is 1. The molecule has 2 aromatic carbocycles. The lowest BCUT2D eigenvalue weighted by atomic mass is 10.2. The van der Waals surface area contributed by atoms with Crippen LogP contribution >= 0.6 is 11.6 Å². The summed E-state index contributed by atoms with van der Waals surface area (Å²) in [7, 11) is 0. The predicted octanol–water partition coefficient (Wildman–Crippen LogP) is 2.26. The fraction of sp³-hybridized carbons (Fsp3) is 0.0667. The molecule has 0 spiro atoms. The van der Waals surface area contributed by atoms with E-state index in [-0.39, 0.29) is 28.5 Å². The number of anilines is 1. The van der Waals surface area contributed by atoms with E-state index < -0.39 is 22.6 Å². The molecule has 2 aromatic rings. The molecule has 3 N–H and O–H groups in total. The zero-order valence-corrected chi connectivity index (χ0v) is 13.3. The van der Waals surface area contributed by atoms with E-state index in [1.54, 1.807) is 0 Å². The molecule has 0 fully saturated rings. The molecule has 25 heavy (non-hydrogen) atoms. The number of hydrogen-bond donors (Lipinski definition) is 3. The van der Waals surface area contributed by atoms with Gasteiger partial charge in [-0.25, -0.2) is 4.39 Å². The Labute approximate surface area is 146 Å². The van der Waals surface area contributed by atoms with Crippen LogP contribution in [0.2, 0.25) is 5.02 Å². The number of carbonyl (C=O) groups excluding carboxylic acids is 2. The fourth-order valence-corrected chi connectivity index (χ4v) is 1.97. The Kier molecular flexibility index (Phi) is 5.85. The van der Waals surface area contributed by atoms with Crippen molar-refractivity contribution in [2.75, 3.05) is 11.9 Å². The highest BCUT2D eigenvalue weighted by Gasteiger charge is 2.12. The van der Waals surface area contributed by atoms with Crippen LogP contribution in [0.5, 0.6) is 0 Å². The summed E-state index contributed by atoms with van der Waals surface area (Å²) in [5.74, 6) is -2.00. The van der Waals surface area contributed by atoms with Crippen molar-refractivity contribution in [2.45, 2.75) is 0 Å². The Balaban J connectivity index is 1.86. The van der Waals surface area contributed by atoms with Gasteiger partial charge in [-0.15, -0.1) is 0 Å². The Morgan fingerprint density at radius 1 is 1.16 bits per heavy atom. The van der Waals surface area contributed by atoms with Crippen LogP contribution in [0.3, 0.4) is 0 Å². The van der Waals surface area contributed by atoms with Crippen molar-refractivity contribution in [3.63, 3.8) is 0 Å². The number of amides is 2. The molecule has 0 aromatic heterocycles. The van der Waals surface area contributed by atoms with Crippen LogP contribution in [0, 0.1) is 15.9 Å². The van der Waals surface area contributed by atoms with Crippen molar-refractivity contribution in [3.8, 4) is 0 Å². The summed E-state index contributed by atoms with van der Waals surface area (Å²) in [6, 6.07) is 8.92. The van der Waals surface area contributed by atoms with E-state index in [2.05, 4.69) is 16.2 Å². The van der Waals surface area contributed by atoms with Gasteiger partial charge in [-0.2, -0.15) is 0 Å². The molecular weight excluding hydrogens is 355 g/mol. The van der Waals surface area contributed by atoms with Crippen molar-refractivity contribution in [2.24, 2.45) is 0 Å². The standard InChI is InChI=1S/C15H12ClFN4O4/c16-10-4-5-13(12(17)7-10)18-8-14(22)19-20-15(23)9-2-1-3-11(6-9)21(24)25/h1-7,18H,8H2,(H,19,22)(H,20,23). The topological polar surface area (TPSA) is 113 Å². The number of benzene rings is 2. The minimum Gasteiger partial charge on any atom is -0.374 e. The maximum absolute atomic E-state index is 13.5. The van der Waals surface area contributed by atoms with Crippen molar-refractivity contribution >= 4 is 34.8 Å². The van der Waals surface area contributed by atoms with Gasteiger partial charge in [0.25, 0.3) is 17.5 Å². The zero-order chi connectivity index (χ0) is 18.4. The lowest BCUT2D eigenvalue weighted by Gasteiger charge is -2.10. The van der Waals surface area contributed by atoms with Gasteiger partial charge < -0.3 is 5.32 Å². The monoisotopic (exact) mass is 366 g/mol. The van der Waals surface area contributed by atoms with Gasteiger partial charge in [-0.3, -0.25) is 30.6 Å². The van der Waals surface area contributed by atoms with E-state index in [1.165, 1.54) is 30.3 Å². The maximum atomic E-state index is 13.5. The summed E-state index contributed by atoms with van der Waals surface area (Å²) >= 11 is 5.62. The third-order valence-electron chi connectivity index (χ3n) is 3.01. The molecule has 130 valence electrons. The van der Waals surface area contributed by atoms with E-state index >= 15 is 0 Å². The lowest BCUT2D eigenvalue weighted by molar-refractivity contribution is -0.384. The molecule has 0 bridgehead atoms. The number of carbonyl (C=O) groups is 2. The number of rotatable bonds is 5. The van der Waals surface area contributed by atoms with Crippen LogP contribution in [0.4, 0.5) is 15.8 Å². The van der Waals surface area contributed by atoms with E-state index in [0.717, 1.165) is 12.1 Å². The molecular formula is C15H12ClFN4O4. The van der Waals surface area contributed by atoms with E-state index in [0.29, 0.717) is 0 Å². The normalized spacial score (nSPS) is 10.0. The minimum absolute atomic E-state index is 0.00575. The van der Waals surface area contributed by atoms with Gasteiger partial charge in [0, 0.05) is 22.7 Å². The summed E-state index contributed by atoms with van der Waals surface area (Å²) in [5, 5.41) is 13.4. The third-order valence-corrected chi connectivity index (χ3v) is 3.24. The minimum atomic E-state index is -0.727. The number of halogens is 2. The largest absolute Gasteiger partial charge is 0.374 e. The number of nitrogens with one attached hydrogen (secondary N) is 3. The van der Waals surface area contributed by atoms with Gasteiger partial charge in [-0.1, -0.05) is 17.7 Å². The summed E-state index contributed by atoms with van der Waals surface area (Å²) in [5.41, 5.74) is 4.05. The summed E-state index contributed by atoms with van der Waals surface area (Å²) < 4.78 is 13.5. The van der Waals surface area contributed by atoms with E-state index in [4.69, 9.17) is 11.6 Å². The second kappa shape index (κ2) is 8.06. The Hall–Kier alpha value is -3.20. The summed E-state index contributed by atoms with van der Waals surface area (Å²) in [4.78, 5) is 33.5. The Morgan fingerprint density at radius 2 is 1.92 bits per heavy atom. The summed E-state index contributed by atoms with van der Waals surface area (Å²) in [6.07, 6.45) is 0. The van der Waals surface area contributed by atoms with Gasteiger partial charge in [0.15, 0.2) is 0 Å². The van der Waals surface area contributed by atoms with Crippen LogP contribution in [0.25, 0.3) is 0 Å². The average molecular weight is 367 g/mol. The molecule has 0 saturated carbocycles. The molecule has 0 radical (unpaired) electrons. The fourth-order valence-electron chi connectivity index (χ4n) is 1.81. The predicted molar refractivity (Wildman–Crippen MR) is 88.6 cm³/mol. The molecule has 10 heteroatoms. The molecule has 0 heterocycles. The van der Waals surface area contributed by atoms with Gasteiger partial charge in [0.05, 0.1) is 17.2 Å². The van der Waals surface area contributed by atoms with E-state index in [9.17, 15) is 24.1 Å². The van der Waals surface area contributed by atoms with Crippen molar-refractivity contribution in [1.82, 2.24) is 10.9 Å². The first-order chi connectivity index (χ1) is 11.9. The van der Waals surface area contributed by atoms with E-state index in [1.807, 2.05) is 0 Å². The first-order valence-corrected chi connectivity index (χ1v) is 7.27. The highest BCUT2D eigenvalue weighted by Crippen LogP contribution is 2.18. The van der Waals surface area contributed by atoms with Gasteiger partial charge in [-0.05, 0) is 24.3 Å². The number of nitro benzene ring substituents is 1. The molecule has 8 nitrogen and oxygen atoms in total. The van der Waals surface area contributed by atoms with Crippen molar-refractivity contribution in [1.29, 1.82) is 0 Å². The first-order valence-electron chi connectivity index (χ1n) is 6.89. The molecule has 0 aliphatic rings. The van der Waals surface area contributed by atoms with Crippen LogP contribution in [-0.4, -0.2) is 23.3 Å². The van der Waals surface area contributed by atoms with Crippen molar-refractivity contribution in [3.05, 3.63) is 69.0 Å². The van der Waals surface area contributed by atoms with Gasteiger partial charge in [0.2, 0.25) is 0 Å². The molecule has 0 saturated heterocycles. The van der Waals surface area contributed by atoms with Gasteiger partial charge >= 0.3 is 0 Å². The van der Waals surface area contributed by atoms with Crippen LogP contribution in [0.15, 0.2) is 42.5 Å². The van der Waals surface area contributed by atoms with Gasteiger partial charge in [0.1, 0.15) is 5.82 Å². The Bertz CT molecular complexity index is 831. The smallest absolute Gasteiger partial charge is 0.270 e. The van der Waals surface area contributed by atoms with Crippen LogP contribution < -0.4 is 16.2 Å². The summed E-state index contributed by atoms with van der Waals surface area (Å²) in [6.45, 7) is -0.312. The maximum Gasteiger partial charge on any atom is 0.270 e. The molecule has 0 unspecified atom stereocenters. The number of non-ortho nitro benzene ring substituents is 1. The number of nitro groups is 1. The second-order valence-corrected chi connectivity index (χ2v) is 5.22. The highest BCUT2D eigenvalue weighted by atomic mass is 35.5. The SMILES string of the molecule is O=C(CNc1ccc(Cl)cc1F)NNC(=O)c1cccc([N+](=O)[O-])c1. The third kappa shape index (κ3) is 5.15. The van der Waals surface area contributed by atoms with Crippen LogP contribution in [0.1, 0.15) is 10.4 Å². The molecule has 2 amide bonds. The average Bonchev–Trinajstić information content (AvgIpc) is 2.59. The van der Waals surface area contributed by atoms with Crippen LogP contribution in [-0.2, 0) is 4.79 Å². The number of hydrazine groups is 1. The molecule has 0 aliphatic carbocycles. The number of hydrogen-bond acceptors (Lipinski definition) is 5. The second-order valence-electron chi connectivity index (χ2n) is 4.79. The molecule has 2 rings (SSSR count). The zero-order valence-electron chi connectivity index (χ0n) is 12.6. The molecule has 0 atom stereocenters. The Morgan fingerprint density at radius 3 is 2.60 bits per heavy atom. The first kappa shape index (κ1) is 18.1. The molecule has 0 aliphatic heterocycles.